The second-order valence-electron chi connectivity index (χ2n) is 10.0. The highest BCUT2D eigenvalue weighted by Crippen LogP contribution is 2.38. The quantitative estimate of drug-likeness (QED) is 0.290. The molecule has 1 aromatic rings. The van der Waals surface area contributed by atoms with Crippen molar-refractivity contribution in [2.75, 3.05) is 6.61 Å². The molecule has 3 nitrogen and oxygen atoms in total. The third-order valence-electron chi connectivity index (χ3n) is 6.02. The van der Waals surface area contributed by atoms with Gasteiger partial charge >= 0.3 is 0 Å². The zero-order valence-electron chi connectivity index (χ0n) is 20.1. The molecule has 0 fully saturated rings. The Kier molecular flexibility index (Phi) is 10.5. The average Bonchev–Trinajstić information content (AvgIpc) is 3.01. The molecule has 0 aromatic carbocycles. The average molecular weight is 438 g/mol. The zero-order valence-corrected chi connectivity index (χ0v) is 21.9. The van der Waals surface area contributed by atoms with Crippen molar-refractivity contribution in [3.05, 3.63) is 33.3 Å². The van der Waals surface area contributed by atoms with Crippen LogP contribution >= 0.6 is 11.3 Å². The van der Waals surface area contributed by atoms with Gasteiger partial charge in [0.15, 0.2) is 8.32 Å². The maximum absolute atomic E-state index is 9.20. The molecule has 0 bridgehead atoms. The van der Waals surface area contributed by atoms with E-state index in [0.29, 0.717) is 5.92 Å². The van der Waals surface area contributed by atoms with Crippen LogP contribution in [0.25, 0.3) is 6.08 Å². The fourth-order valence-corrected chi connectivity index (χ4v) is 4.78. The van der Waals surface area contributed by atoms with Crippen LogP contribution in [0, 0.1) is 12.8 Å². The van der Waals surface area contributed by atoms with E-state index >= 15 is 0 Å². The lowest BCUT2D eigenvalue weighted by Crippen LogP contribution is -2.44. The van der Waals surface area contributed by atoms with E-state index < -0.39 is 8.32 Å². The Hall–Kier alpha value is -0.753. The van der Waals surface area contributed by atoms with Crippen molar-refractivity contribution in [1.82, 2.24) is 4.98 Å². The van der Waals surface area contributed by atoms with Gasteiger partial charge in [0, 0.05) is 12.0 Å². The number of allylic oxidation sites excluding steroid dienone is 1. The summed E-state index contributed by atoms with van der Waals surface area (Å²) in [4.78, 5) is 4.60. The number of aromatic nitrogens is 1. The fourth-order valence-electron chi connectivity index (χ4n) is 2.86. The number of nitrogens with zero attached hydrogens (tertiary/aromatic N) is 1. The normalized spacial score (nSPS) is 16.2. The number of thiazole rings is 1. The van der Waals surface area contributed by atoms with Crippen LogP contribution < -0.4 is 0 Å². The van der Waals surface area contributed by atoms with E-state index in [1.54, 1.807) is 11.3 Å². The van der Waals surface area contributed by atoms with Gasteiger partial charge in [0.2, 0.25) is 0 Å². The molecule has 0 saturated carbocycles. The Labute approximate surface area is 184 Å². The maximum Gasteiger partial charge on any atom is 0.192 e. The Bertz CT molecular complexity index is 685. The molecular weight excluding hydrogens is 394 g/mol. The highest BCUT2D eigenvalue weighted by molar-refractivity contribution is 7.09. The summed E-state index contributed by atoms with van der Waals surface area (Å²) in [6.45, 7) is 20.4. The molecule has 0 aliphatic carbocycles. The topological polar surface area (TPSA) is 42.4 Å². The minimum atomic E-state index is -1.88. The number of rotatable bonds is 11. The molecule has 1 aromatic heterocycles. The second-order valence-corrected chi connectivity index (χ2v) is 15.8. The minimum Gasteiger partial charge on any atom is -0.410 e. The summed E-state index contributed by atoms with van der Waals surface area (Å²) in [6, 6.07) is 0. The number of aliphatic hydroxyl groups excluding tert-OH is 1. The summed E-state index contributed by atoms with van der Waals surface area (Å²) in [7, 11) is -1.88. The van der Waals surface area contributed by atoms with E-state index in [1.807, 2.05) is 6.92 Å². The lowest BCUT2D eigenvalue weighted by atomic mass is 10.0. The van der Waals surface area contributed by atoms with Crippen molar-refractivity contribution in [3.8, 4) is 0 Å². The Morgan fingerprint density at radius 1 is 1.31 bits per heavy atom. The number of hydrogen-bond acceptors (Lipinski definition) is 4. The summed E-state index contributed by atoms with van der Waals surface area (Å²) in [5, 5.41) is 12.6. The molecule has 29 heavy (non-hydrogen) atoms. The van der Waals surface area contributed by atoms with E-state index in [2.05, 4.69) is 77.2 Å². The van der Waals surface area contributed by atoms with Gasteiger partial charge in [-0.25, -0.2) is 4.98 Å². The van der Waals surface area contributed by atoms with Gasteiger partial charge in [-0.3, -0.25) is 0 Å². The molecule has 0 radical (unpaired) electrons. The second kappa shape index (κ2) is 11.6. The third-order valence-corrected chi connectivity index (χ3v) is 11.3. The van der Waals surface area contributed by atoms with E-state index in [9.17, 15) is 5.11 Å². The molecule has 0 amide bonds. The maximum atomic E-state index is 9.20. The molecule has 1 N–H and O–H groups in total. The summed E-state index contributed by atoms with van der Waals surface area (Å²) >= 11 is 1.69. The molecule has 0 spiro atoms. The lowest BCUT2D eigenvalue weighted by Gasteiger charge is -2.39. The van der Waals surface area contributed by atoms with Crippen molar-refractivity contribution in [3.63, 3.8) is 0 Å². The van der Waals surface area contributed by atoms with Gasteiger partial charge in [-0.1, -0.05) is 39.3 Å². The van der Waals surface area contributed by atoms with Crippen LogP contribution in [0.15, 0.2) is 22.6 Å². The predicted octanol–water partition coefficient (Wildman–Crippen LogP) is 7.38. The van der Waals surface area contributed by atoms with Crippen molar-refractivity contribution in [1.29, 1.82) is 0 Å². The Morgan fingerprint density at radius 3 is 2.48 bits per heavy atom. The first kappa shape index (κ1) is 26.3. The molecule has 2 atom stereocenters. The number of hydrogen-bond donors (Lipinski definition) is 1. The summed E-state index contributed by atoms with van der Waals surface area (Å²) in [5.74, 6) is 0.393. The van der Waals surface area contributed by atoms with Gasteiger partial charge < -0.3 is 9.53 Å². The smallest absolute Gasteiger partial charge is 0.192 e. The van der Waals surface area contributed by atoms with Crippen molar-refractivity contribution >= 4 is 25.7 Å². The van der Waals surface area contributed by atoms with Crippen LogP contribution in [0.5, 0.6) is 0 Å². The van der Waals surface area contributed by atoms with Crippen LogP contribution in [0.2, 0.25) is 18.1 Å². The van der Waals surface area contributed by atoms with Gasteiger partial charge in [-0.2, -0.15) is 0 Å². The Morgan fingerprint density at radius 2 is 1.97 bits per heavy atom. The van der Waals surface area contributed by atoms with Crippen molar-refractivity contribution in [2.45, 2.75) is 98.4 Å². The molecule has 166 valence electrons. The molecule has 1 heterocycles. The molecule has 0 aliphatic rings. The third kappa shape index (κ3) is 9.29. The standard InChI is InChI=1S/C24H43NO2SSi/c1-18(11-10-12-19(2)16-26)13-14-23(27-29(8,9)24(5,6)7)20(3)15-22-17-28-21(4)25-22/h13,15,17,19,23,26H,10-12,14,16H2,1-9H3/t19?,23-/m0/s1. The molecule has 0 aliphatic heterocycles. The van der Waals surface area contributed by atoms with Crippen molar-refractivity contribution < 1.29 is 9.53 Å². The first-order valence-corrected chi connectivity index (χ1v) is 14.7. The van der Waals surface area contributed by atoms with Gasteiger partial charge in [0.25, 0.3) is 0 Å². The first-order chi connectivity index (χ1) is 13.4. The van der Waals surface area contributed by atoms with Gasteiger partial charge in [0.05, 0.1) is 16.8 Å². The van der Waals surface area contributed by atoms with Crippen LogP contribution in [0.3, 0.4) is 0 Å². The van der Waals surface area contributed by atoms with E-state index in [0.717, 1.165) is 36.4 Å². The van der Waals surface area contributed by atoms with E-state index in [4.69, 9.17) is 4.43 Å². The fraction of sp³-hybridized carbons (Fsp3) is 0.708. The largest absolute Gasteiger partial charge is 0.410 e. The number of aryl methyl sites for hydroxylation is 1. The summed E-state index contributed by atoms with van der Waals surface area (Å²) in [5.41, 5.74) is 3.70. The molecule has 1 rings (SSSR count). The van der Waals surface area contributed by atoms with Crippen LogP contribution in [-0.4, -0.2) is 31.1 Å². The van der Waals surface area contributed by atoms with Crippen LogP contribution in [0.1, 0.15) is 77.9 Å². The van der Waals surface area contributed by atoms with Gasteiger partial charge in [0.1, 0.15) is 0 Å². The van der Waals surface area contributed by atoms with Gasteiger partial charge in [-0.05, 0) is 82.2 Å². The molecule has 1 unspecified atom stereocenters. The highest BCUT2D eigenvalue weighted by Gasteiger charge is 2.39. The van der Waals surface area contributed by atoms with Crippen LogP contribution in [0.4, 0.5) is 0 Å². The Balaban J connectivity index is 2.92. The monoisotopic (exact) mass is 437 g/mol. The van der Waals surface area contributed by atoms with Crippen LogP contribution in [-0.2, 0) is 4.43 Å². The van der Waals surface area contributed by atoms with E-state index in [1.165, 1.54) is 11.1 Å². The minimum absolute atomic E-state index is 0.0872. The molecule has 5 heteroatoms. The SMILES string of the molecule is CC(=CC[C@H](O[Si](C)(C)C(C)(C)C)C(C)=Cc1csc(C)n1)CCCC(C)CO. The number of aliphatic hydroxyl groups is 1. The zero-order chi connectivity index (χ0) is 22.2. The summed E-state index contributed by atoms with van der Waals surface area (Å²) in [6.07, 6.45) is 8.82. The molecule has 0 saturated heterocycles. The first-order valence-electron chi connectivity index (χ1n) is 10.9. The van der Waals surface area contributed by atoms with Gasteiger partial charge in [-0.15, -0.1) is 11.3 Å². The lowest BCUT2D eigenvalue weighted by molar-refractivity contribution is 0.217. The highest BCUT2D eigenvalue weighted by atomic mass is 32.1. The summed E-state index contributed by atoms with van der Waals surface area (Å²) < 4.78 is 6.82. The molecular formula is C24H43NO2SSi. The predicted molar refractivity (Wildman–Crippen MR) is 131 cm³/mol. The van der Waals surface area contributed by atoms with Crippen molar-refractivity contribution in [2.24, 2.45) is 5.92 Å². The van der Waals surface area contributed by atoms with E-state index in [-0.39, 0.29) is 17.7 Å².